The van der Waals surface area contributed by atoms with Gasteiger partial charge in [0, 0.05) is 25.2 Å². The van der Waals surface area contributed by atoms with E-state index in [0.717, 1.165) is 13.1 Å². The van der Waals surface area contributed by atoms with Crippen molar-refractivity contribution in [3.05, 3.63) is 30.3 Å². The Morgan fingerprint density at radius 3 is 2.37 bits per heavy atom. The van der Waals surface area contributed by atoms with Crippen molar-refractivity contribution in [1.82, 2.24) is 15.5 Å². The minimum absolute atomic E-state index is 0.0665. The first-order chi connectivity index (χ1) is 12.8. The monoisotopic (exact) mass is 377 g/mol. The Hall–Kier alpha value is -2.12. The molecule has 2 rings (SSSR count). The van der Waals surface area contributed by atoms with Crippen molar-refractivity contribution in [2.24, 2.45) is 0 Å². The smallest absolute Gasteiger partial charge is 0.258 e. The molecule has 2 unspecified atom stereocenters. The summed E-state index contributed by atoms with van der Waals surface area (Å²) in [7, 11) is 0. The summed E-state index contributed by atoms with van der Waals surface area (Å²) in [5.41, 5.74) is -0.192. The van der Waals surface area contributed by atoms with Crippen LogP contribution in [0.5, 0.6) is 5.75 Å². The highest BCUT2D eigenvalue weighted by molar-refractivity contribution is 5.85. The number of rotatable bonds is 8. The third-order valence-electron chi connectivity index (χ3n) is 4.55. The molecule has 1 aromatic carbocycles. The van der Waals surface area contributed by atoms with Crippen molar-refractivity contribution >= 4 is 11.8 Å². The Kier molecular flexibility index (Phi) is 7.62. The molecule has 0 aromatic heterocycles. The minimum Gasteiger partial charge on any atom is -0.484 e. The summed E-state index contributed by atoms with van der Waals surface area (Å²) < 4.78 is 11.1. The predicted molar refractivity (Wildman–Crippen MR) is 104 cm³/mol. The molecule has 27 heavy (non-hydrogen) atoms. The Morgan fingerprint density at radius 1 is 1.11 bits per heavy atom. The van der Waals surface area contributed by atoms with Gasteiger partial charge in [-0.15, -0.1) is 0 Å². The molecule has 0 saturated carbocycles. The van der Waals surface area contributed by atoms with Gasteiger partial charge >= 0.3 is 0 Å². The van der Waals surface area contributed by atoms with Crippen LogP contribution in [-0.4, -0.2) is 67.2 Å². The van der Waals surface area contributed by atoms with E-state index in [1.807, 2.05) is 18.2 Å². The van der Waals surface area contributed by atoms with E-state index in [1.165, 1.54) is 0 Å². The van der Waals surface area contributed by atoms with Crippen LogP contribution in [-0.2, 0) is 14.3 Å². The van der Waals surface area contributed by atoms with Crippen LogP contribution < -0.4 is 15.4 Å². The van der Waals surface area contributed by atoms with Gasteiger partial charge in [0.2, 0.25) is 5.91 Å². The molecule has 1 heterocycles. The van der Waals surface area contributed by atoms with Gasteiger partial charge in [0.1, 0.15) is 5.75 Å². The SMILES string of the molecule is CC1CN(C(C)(C)CNC(=O)CNC(=O)COc2ccccc2)CC(C)O1. The average molecular weight is 377 g/mol. The predicted octanol–water partition coefficient (Wildman–Crippen LogP) is 1.19. The molecular weight excluding hydrogens is 346 g/mol. The van der Waals surface area contributed by atoms with E-state index in [1.54, 1.807) is 12.1 Å². The fourth-order valence-corrected chi connectivity index (χ4v) is 3.06. The highest BCUT2D eigenvalue weighted by Gasteiger charge is 2.33. The first-order valence-electron chi connectivity index (χ1n) is 9.38. The molecule has 0 radical (unpaired) electrons. The summed E-state index contributed by atoms with van der Waals surface area (Å²) in [6.07, 6.45) is 0.347. The maximum atomic E-state index is 12.1. The number of morpholine rings is 1. The van der Waals surface area contributed by atoms with E-state index in [2.05, 4.69) is 43.2 Å². The number of ether oxygens (including phenoxy) is 2. The molecule has 2 amide bonds. The van der Waals surface area contributed by atoms with Gasteiger partial charge in [-0.05, 0) is 39.8 Å². The third kappa shape index (κ3) is 7.19. The van der Waals surface area contributed by atoms with Crippen molar-refractivity contribution in [3.63, 3.8) is 0 Å². The topological polar surface area (TPSA) is 79.9 Å². The summed E-state index contributed by atoms with van der Waals surface area (Å²) in [6.45, 7) is 10.3. The second-order valence-electron chi connectivity index (χ2n) is 7.63. The summed E-state index contributed by atoms with van der Waals surface area (Å²) >= 11 is 0. The highest BCUT2D eigenvalue weighted by atomic mass is 16.5. The number of amides is 2. The number of carbonyl (C=O) groups is 2. The van der Waals surface area contributed by atoms with Crippen molar-refractivity contribution in [2.45, 2.75) is 45.4 Å². The first kappa shape index (κ1) is 21.2. The summed E-state index contributed by atoms with van der Waals surface area (Å²) in [5.74, 6) is 0.0717. The van der Waals surface area contributed by atoms with Crippen molar-refractivity contribution in [2.75, 3.05) is 32.8 Å². The molecule has 0 bridgehead atoms. The molecule has 2 atom stereocenters. The van der Waals surface area contributed by atoms with Gasteiger partial charge in [-0.1, -0.05) is 18.2 Å². The number of nitrogens with zero attached hydrogens (tertiary/aromatic N) is 1. The van der Waals surface area contributed by atoms with Crippen LogP contribution in [0.4, 0.5) is 0 Å². The van der Waals surface area contributed by atoms with Gasteiger partial charge in [-0.25, -0.2) is 0 Å². The van der Waals surface area contributed by atoms with Gasteiger partial charge in [0.25, 0.3) is 5.91 Å². The minimum atomic E-state index is -0.330. The van der Waals surface area contributed by atoms with E-state index in [4.69, 9.17) is 9.47 Å². The molecule has 2 N–H and O–H groups in total. The molecule has 7 heteroatoms. The number of nitrogens with one attached hydrogen (secondary N) is 2. The zero-order chi connectivity index (χ0) is 19.9. The van der Waals surface area contributed by atoms with Gasteiger partial charge in [-0.2, -0.15) is 0 Å². The van der Waals surface area contributed by atoms with Crippen LogP contribution >= 0.6 is 0 Å². The van der Waals surface area contributed by atoms with Gasteiger partial charge < -0.3 is 20.1 Å². The maximum absolute atomic E-state index is 12.1. The van der Waals surface area contributed by atoms with Gasteiger partial charge in [0.05, 0.1) is 18.8 Å². The van der Waals surface area contributed by atoms with Gasteiger partial charge in [-0.3, -0.25) is 14.5 Å². The summed E-state index contributed by atoms with van der Waals surface area (Å²) in [6, 6.07) is 9.08. The van der Waals surface area contributed by atoms with E-state index in [9.17, 15) is 9.59 Å². The maximum Gasteiger partial charge on any atom is 0.258 e. The fourth-order valence-electron chi connectivity index (χ4n) is 3.06. The molecule has 0 spiro atoms. The van der Waals surface area contributed by atoms with Gasteiger partial charge in [0.15, 0.2) is 6.61 Å². The molecule has 1 fully saturated rings. The quantitative estimate of drug-likeness (QED) is 0.711. The largest absolute Gasteiger partial charge is 0.484 e. The van der Waals surface area contributed by atoms with Crippen molar-refractivity contribution < 1.29 is 19.1 Å². The second kappa shape index (κ2) is 9.71. The molecule has 1 aliphatic heterocycles. The third-order valence-corrected chi connectivity index (χ3v) is 4.55. The lowest BCUT2D eigenvalue weighted by molar-refractivity contribution is -0.128. The normalized spacial score (nSPS) is 20.7. The number of hydrogen-bond donors (Lipinski definition) is 2. The average Bonchev–Trinajstić information content (AvgIpc) is 2.63. The standard InChI is InChI=1S/C20H31N3O4/c1-15-11-23(12-16(2)27-15)20(3,4)14-22-18(24)10-21-19(25)13-26-17-8-6-5-7-9-17/h5-9,15-16H,10-14H2,1-4H3,(H,21,25)(H,22,24). The number of carbonyl (C=O) groups excluding carboxylic acids is 2. The van der Waals surface area contributed by atoms with Crippen LogP contribution in [0.1, 0.15) is 27.7 Å². The first-order valence-corrected chi connectivity index (χ1v) is 9.38. The van der Waals surface area contributed by atoms with E-state index >= 15 is 0 Å². The van der Waals surface area contributed by atoms with E-state index in [-0.39, 0.29) is 42.7 Å². The van der Waals surface area contributed by atoms with Crippen LogP contribution in [0.2, 0.25) is 0 Å². The molecule has 150 valence electrons. The summed E-state index contributed by atoms with van der Waals surface area (Å²) in [5, 5.41) is 5.48. The molecule has 7 nitrogen and oxygen atoms in total. The van der Waals surface area contributed by atoms with Crippen LogP contribution in [0.15, 0.2) is 30.3 Å². The lowest BCUT2D eigenvalue weighted by atomic mass is 10.00. The van der Waals surface area contributed by atoms with E-state index < -0.39 is 0 Å². The van der Waals surface area contributed by atoms with Crippen molar-refractivity contribution in [1.29, 1.82) is 0 Å². The Labute approximate surface area is 161 Å². The molecule has 0 aliphatic carbocycles. The number of para-hydroxylation sites is 1. The number of hydrogen-bond acceptors (Lipinski definition) is 5. The van der Waals surface area contributed by atoms with Crippen LogP contribution in [0.3, 0.4) is 0 Å². The summed E-state index contributed by atoms with van der Waals surface area (Å²) in [4.78, 5) is 26.2. The zero-order valence-electron chi connectivity index (χ0n) is 16.7. The molecule has 1 saturated heterocycles. The van der Waals surface area contributed by atoms with Crippen molar-refractivity contribution in [3.8, 4) is 5.75 Å². The lowest BCUT2D eigenvalue weighted by Crippen LogP contribution is -2.59. The highest BCUT2D eigenvalue weighted by Crippen LogP contribution is 2.20. The zero-order valence-corrected chi connectivity index (χ0v) is 16.7. The Bertz CT molecular complexity index is 611. The molecular formula is C20H31N3O4. The van der Waals surface area contributed by atoms with E-state index in [0.29, 0.717) is 12.3 Å². The lowest BCUT2D eigenvalue weighted by Gasteiger charge is -2.45. The Balaban J connectivity index is 1.68. The molecule has 1 aromatic rings. The molecule has 1 aliphatic rings. The van der Waals surface area contributed by atoms with Crippen LogP contribution in [0, 0.1) is 0 Å². The van der Waals surface area contributed by atoms with Crippen LogP contribution in [0.25, 0.3) is 0 Å². The second-order valence-corrected chi connectivity index (χ2v) is 7.63. The Morgan fingerprint density at radius 2 is 1.74 bits per heavy atom. The number of benzene rings is 1. The fraction of sp³-hybridized carbons (Fsp3) is 0.600.